The number of hydrogen-bond acceptors (Lipinski definition) is 8. The molecular weight excluding hydrogens is 797 g/mol. The molecule has 60 heavy (non-hydrogen) atoms. The Morgan fingerprint density at radius 2 is 1.07 bits per heavy atom. The van der Waals surface area contributed by atoms with Gasteiger partial charge in [0.25, 0.3) is 0 Å². The van der Waals surface area contributed by atoms with Crippen molar-refractivity contribution in [3.8, 4) is 0 Å². The number of rotatable bonds is 6. The standard InChI is InChI=1S/C24H32N2O3S.C23H28N2O4S/c1-18-6-5-7-19-16-29-17-26(23(18)19)21-12-14-25(15-13-21)30(27,28)22-10-8-20(9-11-22)24(2,3)4;1-23(2,3)18-8-10-20(11-9-18)30(27,28)24-14-12-19(13-15-24)25-21-7-5-4-6-17(21)16-29-22(25)26/h5-11,21H,12-17H2,1-4H3;4-11,19H,12-16H2,1-3H3. The Hall–Kier alpha value is -4.27. The van der Waals surface area contributed by atoms with E-state index in [2.05, 4.69) is 71.6 Å². The van der Waals surface area contributed by atoms with E-state index >= 15 is 0 Å². The Kier molecular flexibility index (Phi) is 12.6. The number of nitrogens with zero attached hydrogens (tertiary/aromatic N) is 4. The van der Waals surface area contributed by atoms with Gasteiger partial charge in [-0.2, -0.15) is 8.61 Å². The number of aryl methyl sites for hydroxylation is 1. The van der Waals surface area contributed by atoms with Gasteiger partial charge in [-0.3, -0.25) is 4.90 Å². The number of amides is 1. The maximum atomic E-state index is 13.2. The normalized spacial score (nSPS) is 18.9. The van der Waals surface area contributed by atoms with Crippen LogP contribution in [0.1, 0.15) is 95.0 Å². The molecule has 1 amide bonds. The summed E-state index contributed by atoms with van der Waals surface area (Å²) in [5.74, 6) is 0. The summed E-state index contributed by atoms with van der Waals surface area (Å²) in [6.07, 6.45) is 2.39. The van der Waals surface area contributed by atoms with E-state index in [9.17, 15) is 21.6 Å². The number of anilines is 2. The zero-order chi connectivity index (χ0) is 43.0. The second kappa shape index (κ2) is 17.2. The maximum absolute atomic E-state index is 13.2. The fourth-order valence-corrected chi connectivity index (χ4v) is 11.6. The second-order valence-corrected chi connectivity index (χ2v) is 22.3. The molecule has 0 radical (unpaired) electrons. The summed E-state index contributed by atoms with van der Waals surface area (Å²) < 4.78 is 66.9. The number of carbonyl (C=O) groups is 1. The highest BCUT2D eigenvalue weighted by atomic mass is 32.2. The van der Waals surface area contributed by atoms with Gasteiger partial charge in [0.2, 0.25) is 20.0 Å². The first-order valence-corrected chi connectivity index (χ1v) is 23.9. The van der Waals surface area contributed by atoms with E-state index < -0.39 is 20.0 Å². The van der Waals surface area contributed by atoms with Crippen molar-refractivity contribution in [2.45, 2.75) is 120 Å². The number of fused-ring (bicyclic) bond motifs is 2. The van der Waals surface area contributed by atoms with Gasteiger partial charge in [0.1, 0.15) is 13.3 Å². The summed E-state index contributed by atoms with van der Waals surface area (Å²) in [6.45, 7) is 18.1. The van der Waals surface area contributed by atoms with Crippen LogP contribution in [0.15, 0.2) is 101 Å². The van der Waals surface area contributed by atoms with Gasteiger partial charge in [0.15, 0.2) is 0 Å². The molecule has 0 atom stereocenters. The molecule has 2 fully saturated rings. The molecule has 4 aromatic rings. The average Bonchev–Trinajstić information content (AvgIpc) is 3.23. The van der Waals surface area contributed by atoms with E-state index in [1.54, 1.807) is 33.5 Å². The summed E-state index contributed by atoms with van der Waals surface area (Å²) >= 11 is 0. The van der Waals surface area contributed by atoms with Crippen molar-refractivity contribution >= 4 is 37.5 Å². The number of piperidine rings is 2. The van der Waals surface area contributed by atoms with Crippen molar-refractivity contribution in [2.75, 3.05) is 42.7 Å². The van der Waals surface area contributed by atoms with Crippen LogP contribution in [-0.2, 0) is 53.6 Å². The van der Waals surface area contributed by atoms with Crippen LogP contribution in [-0.4, -0.2) is 76.5 Å². The Labute approximate surface area is 357 Å². The minimum absolute atomic E-state index is 0.00553. The molecule has 0 aliphatic carbocycles. The van der Waals surface area contributed by atoms with Gasteiger partial charge in [-0.1, -0.05) is 102 Å². The predicted octanol–water partition coefficient (Wildman–Crippen LogP) is 8.73. The Bertz CT molecular complexity index is 2370. The first-order chi connectivity index (χ1) is 28.4. The highest BCUT2D eigenvalue weighted by molar-refractivity contribution is 7.89. The lowest BCUT2D eigenvalue weighted by molar-refractivity contribution is 0.0986. The van der Waals surface area contributed by atoms with Gasteiger partial charge in [-0.05, 0) is 90.5 Å². The van der Waals surface area contributed by atoms with Crippen LogP contribution >= 0.6 is 0 Å². The van der Waals surface area contributed by atoms with Crippen LogP contribution in [0, 0.1) is 6.92 Å². The number of benzene rings is 4. The molecule has 13 heteroatoms. The van der Waals surface area contributed by atoms with E-state index in [-0.39, 0.29) is 29.6 Å². The SMILES string of the molecule is CC(C)(C)c1ccc(S(=O)(=O)N2CCC(N3C(=O)OCc4ccccc43)CC2)cc1.Cc1cccc2c1N(C1CCN(S(=O)(=O)c3ccc(C(C)(C)C)cc3)CC1)COC2. The lowest BCUT2D eigenvalue weighted by Gasteiger charge is -2.42. The van der Waals surface area contributed by atoms with E-state index in [1.807, 2.05) is 48.5 Å². The highest BCUT2D eigenvalue weighted by Crippen LogP contribution is 2.36. The van der Waals surface area contributed by atoms with Gasteiger partial charge in [0.05, 0.1) is 22.1 Å². The average molecular weight is 857 g/mol. The molecule has 0 bridgehead atoms. The number of cyclic esters (lactones) is 1. The van der Waals surface area contributed by atoms with Crippen molar-refractivity contribution in [1.29, 1.82) is 0 Å². The van der Waals surface area contributed by atoms with Crippen molar-refractivity contribution in [1.82, 2.24) is 8.61 Å². The topological polar surface area (TPSA) is 117 Å². The van der Waals surface area contributed by atoms with Crippen LogP contribution in [0.3, 0.4) is 0 Å². The minimum atomic E-state index is -3.55. The van der Waals surface area contributed by atoms with E-state index in [0.29, 0.717) is 68.2 Å². The number of ether oxygens (including phenoxy) is 2. The van der Waals surface area contributed by atoms with Gasteiger partial charge in [-0.25, -0.2) is 21.6 Å². The van der Waals surface area contributed by atoms with Crippen LogP contribution in [0.25, 0.3) is 0 Å². The Morgan fingerprint density at radius 1 is 0.583 bits per heavy atom. The first-order valence-electron chi connectivity index (χ1n) is 21.0. The molecule has 4 heterocycles. The molecule has 8 rings (SSSR count). The predicted molar refractivity (Wildman–Crippen MR) is 236 cm³/mol. The van der Waals surface area contributed by atoms with Crippen LogP contribution in [0.5, 0.6) is 0 Å². The van der Waals surface area contributed by atoms with Gasteiger partial charge >= 0.3 is 6.09 Å². The molecule has 0 N–H and O–H groups in total. The van der Waals surface area contributed by atoms with Crippen molar-refractivity contribution in [3.63, 3.8) is 0 Å². The molecule has 0 saturated carbocycles. The molecule has 0 aromatic heterocycles. The molecule has 0 spiro atoms. The monoisotopic (exact) mass is 856 g/mol. The van der Waals surface area contributed by atoms with Gasteiger partial charge in [0, 0.05) is 55.1 Å². The maximum Gasteiger partial charge on any atom is 0.414 e. The summed E-state index contributed by atoms with van der Waals surface area (Å²) in [5.41, 5.74) is 7.80. The summed E-state index contributed by atoms with van der Waals surface area (Å²) in [7, 11) is -7.02. The third kappa shape index (κ3) is 9.16. The third-order valence-electron chi connectivity index (χ3n) is 12.3. The number of hydrogen-bond donors (Lipinski definition) is 0. The summed E-state index contributed by atoms with van der Waals surface area (Å²) in [4.78, 5) is 17.2. The number of carbonyl (C=O) groups excluding carboxylic acids is 1. The molecule has 322 valence electrons. The number of sulfonamides is 2. The summed E-state index contributed by atoms with van der Waals surface area (Å²) in [6, 6.07) is 28.8. The fourth-order valence-electron chi connectivity index (χ4n) is 8.66. The fraction of sp³-hybridized carbons (Fsp3) is 0.468. The van der Waals surface area contributed by atoms with E-state index in [4.69, 9.17) is 9.47 Å². The highest BCUT2D eigenvalue weighted by Gasteiger charge is 2.38. The van der Waals surface area contributed by atoms with Crippen LogP contribution in [0.4, 0.5) is 16.2 Å². The molecule has 4 aromatic carbocycles. The van der Waals surface area contributed by atoms with E-state index in [1.165, 1.54) is 21.1 Å². The first kappa shape index (κ1) is 43.8. The Morgan fingerprint density at radius 3 is 1.58 bits per heavy atom. The van der Waals surface area contributed by atoms with Crippen molar-refractivity contribution < 1.29 is 31.1 Å². The number of para-hydroxylation sites is 2. The lowest BCUT2D eigenvalue weighted by Crippen LogP contribution is -2.50. The van der Waals surface area contributed by atoms with Crippen LogP contribution < -0.4 is 9.80 Å². The van der Waals surface area contributed by atoms with Crippen LogP contribution in [0.2, 0.25) is 0 Å². The quantitative estimate of drug-likeness (QED) is 0.189. The minimum Gasteiger partial charge on any atom is -0.444 e. The largest absolute Gasteiger partial charge is 0.444 e. The lowest BCUT2D eigenvalue weighted by atomic mass is 9.87. The Balaban J connectivity index is 0.000000181. The molecule has 4 aliphatic heterocycles. The van der Waals surface area contributed by atoms with E-state index in [0.717, 1.165) is 35.2 Å². The summed E-state index contributed by atoms with van der Waals surface area (Å²) in [5, 5.41) is 0. The molecule has 2 saturated heterocycles. The zero-order valence-electron chi connectivity index (χ0n) is 36.1. The molecule has 0 unspecified atom stereocenters. The zero-order valence-corrected chi connectivity index (χ0v) is 37.7. The molecule has 4 aliphatic rings. The second-order valence-electron chi connectivity index (χ2n) is 18.4. The molecular formula is C47H60N4O7S2. The van der Waals surface area contributed by atoms with Gasteiger partial charge < -0.3 is 14.4 Å². The smallest absolute Gasteiger partial charge is 0.414 e. The van der Waals surface area contributed by atoms with Gasteiger partial charge in [-0.15, -0.1) is 0 Å². The molecule has 11 nitrogen and oxygen atoms in total. The third-order valence-corrected chi connectivity index (χ3v) is 16.1. The van der Waals surface area contributed by atoms with Crippen molar-refractivity contribution in [2.24, 2.45) is 0 Å². The van der Waals surface area contributed by atoms with Crippen molar-refractivity contribution in [3.05, 3.63) is 119 Å².